The molecule has 0 fully saturated rings. The lowest BCUT2D eigenvalue weighted by molar-refractivity contribution is -0.131. The second kappa shape index (κ2) is 6.31. The number of imidazole rings is 1. The number of esters is 1. The number of para-hydroxylation sites is 1. The number of rotatable bonds is 2. The van der Waals surface area contributed by atoms with Crippen molar-refractivity contribution in [2.24, 2.45) is 7.05 Å². The number of aromatic carboxylic acids is 1. The molecule has 2 bridgehead atoms. The number of aryl methyl sites for hydroxylation is 1. The van der Waals surface area contributed by atoms with Crippen molar-refractivity contribution < 1.29 is 19.4 Å². The Labute approximate surface area is 145 Å². The molecule has 0 spiro atoms. The van der Waals surface area contributed by atoms with Crippen molar-refractivity contribution in [3.63, 3.8) is 0 Å². The largest absolute Gasteiger partial charge is 0.478 e. The van der Waals surface area contributed by atoms with Gasteiger partial charge in [-0.15, -0.1) is 0 Å². The van der Waals surface area contributed by atoms with Crippen LogP contribution >= 0.6 is 0 Å². The van der Waals surface area contributed by atoms with E-state index in [-0.39, 0.29) is 22.6 Å². The zero-order chi connectivity index (χ0) is 19.0. The summed E-state index contributed by atoms with van der Waals surface area (Å²) in [4.78, 5) is 48.2. The Bertz CT molecular complexity index is 1150. The molecule has 134 valence electrons. The number of hydrogen-bond acceptors (Lipinski definition) is 6. The van der Waals surface area contributed by atoms with Gasteiger partial charge in [0.2, 0.25) is 0 Å². The van der Waals surface area contributed by atoms with Crippen LogP contribution in [0.4, 0.5) is 0 Å². The summed E-state index contributed by atoms with van der Waals surface area (Å²) in [5.74, 6) is -1.58. The Morgan fingerprint density at radius 2 is 1.92 bits per heavy atom. The van der Waals surface area contributed by atoms with Crippen LogP contribution < -0.4 is 16.0 Å². The molecule has 3 aromatic rings. The molecule has 0 atom stereocenters. The van der Waals surface area contributed by atoms with Gasteiger partial charge in [-0.2, -0.15) is 0 Å². The van der Waals surface area contributed by atoms with Crippen LogP contribution in [0.3, 0.4) is 0 Å². The van der Waals surface area contributed by atoms with Crippen molar-refractivity contribution in [2.75, 3.05) is 0 Å². The fourth-order valence-electron chi connectivity index (χ4n) is 2.59. The molecule has 10 heteroatoms. The van der Waals surface area contributed by atoms with Crippen molar-refractivity contribution in [2.45, 2.75) is 13.6 Å². The lowest BCUT2D eigenvalue weighted by atomic mass is 10.2. The fourth-order valence-corrected chi connectivity index (χ4v) is 2.59. The summed E-state index contributed by atoms with van der Waals surface area (Å²) >= 11 is 0. The van der Waals surface area contributed by atoms with Crippen molar-refractivity contribution in [1.29, 1.82) is 0 Å². The molecule has 0 saturated carbocycles. The second-order valence-electron chi connectivity index (χ2n) is 5.50. The zero-order valence-electron chi connectivity index (χ0n) is 13.9. The molecule has 1 aromatic carbocycles. The van der Waals surface area contributed by atoms with Crippen LogP contribution in [0.1, 0.15) is 17.3 Å². The van der Waals surface area contributed by atoms with Crippen molar-refractivity contribution >= 4 is 23.1 Å². The molecule has 1 N–H and O–H groups in total. The second-order valence-corrected chi connectivity index (χ2v) is 5.50. The number of ether oxygens (including phenoxy) is 1. The van der Waals surface area contributed by atoms with Gasteiger partial charge in [-0.25, -0.2) is 19.1 Å². The Balaban J connectivity index is 0.000000151. The molecular weight excluding hydrogens is 344 g/mol. The number of fused-ring (bicyclic) bond motifs is 1. The van der Waals surface area contributed by atoms with Gasteiger partial charge in [0.25, 0.3) is 5.56 Å². The van der Waals surface area contributed by atoms with Gasteiger partial charge in [-0.1, -0.05) is 12.1 Å². The van der Waals surface area contributed by atoms with E-state index in [4.69, 9.17) is 5.11 Å². The van der Waals surface area contributed by atoms with Crippen LogP contribution in [0, 0.1) is 0 Å². The topological polar surface area (TPSA) is 125 Å². The van der Waals surface area contributed by atoms with Crippen LogP contribution in [-0.2, 0) is 18.5 Å². The number of carbonyl (C=O) groups excluding carboxylic acids is 1. The van der Waals surface area contributed by atoms with E-state index in [9.17, 15) is 19.2 Å². The summed E-state index contributed by atoms with van der Waals surface area (Å²) < 4.78 is 8.95. The highest BCUT2D eigenvalue weighted by Gasteiger charge is 2.21. The van der Waals surface area contributed by atoms with Gasteiger partial charge in [-0.05, 0) is 12.1 Å². The first-order valence-electron chi connectivity index (χ1n) is 7.46. The van der Waals surface area contributed by atoms with Crippen LogP contribution in [-0.4, -0.2) is 35.7 Å². The maximum atomic E-state index is 11.5. The quantitative estimate of drug-likeness (QED) is 0.396. The van der Waals surface area contributed by atoms with E-state index in [1.165, 1.54) is 28.2 Å². The van der Waals surface area contributed by atoms with E-state index in [1.54, 1.807) is 30.1 Å². The monoisotopic (exact) mass is 358 g/mol. The molecule has 0 aliphatic carbocycles. The molecule has 4 rings (SSSR count). The molecule has 10 nitrogen and oxygen atoms in total. The summed E-state index contributed by atoms with van der Waals surface area (Å²) in [5, 5.41) is 8.69. The van der Waals surface area contributed by atoms with Crippen LogP contribution in [0.5, 0.6) is 5.75 Å². The van der Waals surface area contributed by atoms with E-state index >= 15 is 0 Å². The molecule has 1 aliphatic rings. The fraction of sp³-hybridized carbons (Fsp3) is 0.188. The minimum atomic E-state index is -1.11. The first-order chi connectivity index (χ1) is 12.3. The minimum absolute atomic E-state index is 0.0160. The Morgan fingerprint density at radius 3 is 2.58 bits per heavy atom. The number of carboxylic acids is 1. The predicted octanol–water partition coefficient (Wildman–Crippen LogP) is 0.0260. The van der Waals surface area contributed by atoms with Gasteiger partial charge in [0, 0.05) is 14.0 Å². The number of benzene rings is 1. The average molecular weight is 358 g/mol. The highest BCUT2D eigenvalue weighted by molar-refractivity contribution is 5.91. The average Bonchev–Trinajstić information content (AvgIpc) is 3.11. The summed E-state index contributed by atoms with van der Waals surface area (Å²) in [6.45, 7) is 1.52. The third-order valence-electron chi connectivity index (χ3n) is 3.77. The molecule has 26 heavy (non-hydrogen) atoms. The highest BCUT2D eigenvalue weighted by atomic mass is 16.5. The van der Waals surface area contributed by atoms with Crippen molar-refractivity contribution in [3.05, 3.63) is 57.0 Å². The van der Waals surface area contributed by atoms with Gasteiger partial charge in [-0.3, -0.25) is 14.2 Å². The van der Waals surface area contributed by atoms with Gasteiger partial charge >= 0.3 is 17.6 Å². The van der Waals surface area contributed by atoms with Gasteiger partial charge < -0.3 is 14.4 Å². The Kier molecular flexibility index (Phi) is 4.16. The number of aromatic nitrogens is 4. The molecule has 1 aliphatic heterocycles. The summed E-state index contributed by atoms with van der Waals surface area (Å²) in [6.07, 6.45) is 1.57. The Morgan fingerprint density at radius 1 is 1.23 bits per heavy atom. The molecular formula is C16H14N4O6. The molecule has 0 saturated heterocycles. The summed E-state index contributed by atoms with van der Waals surface area (Å²) in [5.41, 5.74) is 0.419. The van der Waals surface area contributed by atoms with Crippen LogP contribution in [0.2, 0.25) is 0 Å². The number of nitrogens with zero attached hydrogens (tertiary/aromatic N) is 4. The summed E-state index contributed by atoms with van der Waals surface area (Å²) in [7, 11) is 1.61. The zero-order valence-corrected chi connectivity index (χ0v) is 13.9. The third kappa shape index (κ3) is 2.77. The van der Waals surface area contributed by atoms with Crippen LogP contribution in [0.15, 0.2) is 40.2 Å². The number of carbonyl (C=O) groups is 2. The number of hydrogen-bond donors (Lipinski definition) is 1. The predicted molar refractivity (Wildman–Crippen MR) is 89.3 cm³/mol. The van der Waals surface area contributed by atoms with E-state index < -0.39 is 11.9 Å². The SMILES string of the molecule is CC(=O)Oc1ccccc1C(=O)O.Cn1c(=O)n2c(=O)c3c1ncn3C2. The van der Waals surface area contributed by atoms with Crippen molar-refractivity contribution in [3.8, 4) is 5.75 Å². The molecule has 0 amide bonds. The first kappa shape index (κ1) is 17.1. The van der Waals surface area contributed by atoms with Gasteiger partial charge in [0.15, 0.2) is 11.2 Å². The molecule has 0 radical (unpaired) electrons. The van der Waals surface area contributed by atoms with E-state index in [2.05, 4.69) is 9.72 Å². The van der Waals surface area contributed by atoms with Crippen LogP contribution in [0.25, 0.3) is 11.2 Å². The third-order valence-corrected chi connectivity index (χ3v) is 3.77. The smallest absolute Gasteiger partial charge is 0.339 e. The maximum absolute atomic E-state index is 11.5. The first-order valence-corrected chi connectivity index (χ1v) is 7.46. The lowest BCUT2D eigenvalue weighted by Gasteiger charge is -2.03. The highest BCUT2D eigenvalue weighted by Crippen LogP contribution is 2.17. The maximum Gasteiger partial charge on any atom is 0.339 e. The van der Waals surface area contributed by atoms with Gasteiger partial charge in [0.1, 0.15) is 18.0 Å². The standard InChI is InChI=1S/C9H8O4.C7H6N4O2/c1-6(10)13-8-5-3-2-4-7(8)9(11)12;1-9-5-4-6(12)11(7(9)13)3-10(4)2-8-5/h2-5H,1H3,(H,11,12);2H,3H2,1H3. The summed E-state index contributed by atoms with van der Waals surface area (Å²) in [6, 6.07) is 5.98. The molecule has 0 unspecified atom stereocenters. The van der Waals surface area contributed by atoms with E-state index in [0.29, 0.717) is 17.8 Å². The Hall–Kier alpha value is -3.69. The molecule has 2 aromatic heterocycles. The normalized spacial score (nSPS) is 11.3. The van der Waals surface area contributed by atoms with E-state index in [1.807, 2.05) is 0 Å². The van der Waals surface area contributed by atoms with Crippen molar-refractivity contribution in [1.82, 2.24) is 18.7 Å². The molecule has 3 heterocycles. The lowest BCUT2D eigenvalue weighted by Crippen LogP contribution is -2.36. The number of carboxylic acid groups (broad SMARTS) is 1. The van der Waals surface area contributed by atoms with Gasteiger partial charge in [0.05, 0.1) is 6.33 Å². The minimum Gasteiger partial charge on any atom is -0.478 e. The van der Waals surface area contributed by atoms with E-state index in [0.717, 1.165) is 0 Å².